The van der Waals surface area contributed by atoms with Crippen LogP contribution in [-0.2, 0) is 10.0 Å². The Morgan fingerprint density at radius 2 is 1.77 bits per heavy atom. The van der Waals surface area contributed by atoms with Gasteiger partial charge in [-0.1, -0.05) is 24.3 Å². The summed E-state index contributed by atoms with van der Waals surface area (Å²) in [7, 11) is -3.27. The molecule has 0 N–H and O–H groups in total. The molecule has 22 heavy (non-hydrogen) atoms. The zero-order chi connectivity index (χ0) is 15.2. The predicted molar refractivity (Wildman–Crippen MR) is 88.8 cm³/mol. The first-order valence-electron chi connectivity index (χ1n) is 7.43. The molecule has 2 aliphatic rings. The van der Waals surface area contributed by atoms with Crippen LogP contribution in [0.25, 0.3) is 0 Å². The summed E-state index contributed by atoms with van der Waals surface area (Å²) in [6, 6.07) is 13.8. The number of thiophene rings is 1. The number of benzene rings is 1. The van der Waals surface area contributed by atoms with E-state index in [1.54, 1.807) is 16.4 Å². The van der Waals surface area contributed by atoms with Crippen molar-refractivity contribution in [1.82, 2.24) is 4.31 Å². The number of hydrogen-bond donors (Lipinski definition) is 0. The van der Waals surface area contributed by atoms with Gasteiger partial charge in [-0.2, -0.15) is 4.31 Å². The first kappa shape index (κ1) is 14.2. The lowest BCUT2D eigenvalue weighted by molar-refractivity contribution is 0.0938. The SMILES string of the molecule is O=S(=O)(c1cccs1)N1CC2(CCN(c3ccccc3)C2)C1. The smallest absolute Gasteiger partial charge is 0.252 e. The van der Waals surface area contributed by atoms with Crippen molar-refractivity contribution in [2.75, 3.05) is 31.1 Å². The number of hydrogen-bond acceptors (Lipinski definition) is 4. The Hall–Kier alpha value is -1.37. The number of nitrogens with zero attached hydrogens (tertiary/aromatic N) is 2. The molecule has 0 amide bonds. The van der Waals surface area contributed by atoms with Gasteiger partial charge in [0.2, 0.25) is 0 Å². The van der Waals surface area contributed by atoms with E-state index >= 15 is 0 Å². The summed E-state index contributed by atoms with van der Waals surface area (Å²) < 4.78 is 27.1. The van der Waals surface area contributed by atoms with E-state index in [-0.39, 0.29) is 5.41 Å². The Morgan fingerprint density at radius 1 is 1.00 bits per heavy atom. The maximum atomic E-state index is 12.5. The van der Waals surface area contributed by atoms with Crippen LogP contribution in [-0.4, -0.2) is 38.9 Å². The Labute approximate surface area is 135 Å². The third-order valence-corrected chi connectivity index (χ3v) is 7.84. The lowest BCUT2D eigenvalue weighted by Gasteiger charge is -2.46. The normalized spacial score (nSPS) is 21.2. The van der Waals surface area contributed by atoms with Gasteiger partial charge in [-0.25, -0.2) is 8.42 Å². The molecule has 2 fully saturated rings. The Kier molecular flexibility index (Phi) is 3.29. The van der Waals surface area contributed by atoms with Crippen molar-refractivity contribution in [1.29, 1.82) is 0 Å². The van der Waals surface area contributed by atoms with Gasteiger partial charge in [-0.05, 0) is 30.0 Å². The van der Waals surface area contributed by atoms with Gasteiger partial charge in [0.15, 0.2) is 0 Å². The maximum absolute atomic E-state index is 12.5. The van der Waals surface area contributed by atoms with E-state index in [0.717, 1.165) is 19.5 Å². The Morgan fingerprint density at radius 3 is 2.45 bits per heavy atom. The van der Waals surface area contributed by atoms with E-state index < -0.39 is 10.0 Å². The molecule has 3 heterocycles. The molecule has 0 unspecified atom stereocenters. The second-order valence-corrected chi connectivity index (χ2v) is 9.32. The van der Waals surface area contributed by atoms with E-state index in [0.29, 0.717) is 17.3 Å². The van der Waals surface area contributed by atoms with Crippen LogP contribution < -0.4 is 4.90 Å². The molecule has 1 aromatic heterocycles. The van der Waals surface area contributed by atoms with Gasteiger partial charge < -0.3 is 4.90 Å². The van der Waals surface area contributed by atoms with Crippen LogP contribution in [0.1, 0.15) is 6.42 Å². The topological polar surface area (TPSA) is 40.6 Å². The highest BCUT2D eigenvalue weighted by molar-refractivity contribution is 7.91. The number of anilines is 1. The number of sulfonamides is 1. The lowest BCUT2D eigenvalue weighted by Crippen LogP contribution is -2.59. The van der Waals surface area contributed by atoms with Crippen molar-refractivity contribution in [2.24, 2.45) is 5.41 Å². The zero-order valence-electron chi connectivity index (χ0n) is 12.2. The van der Waals surface area contributed by atoms with Crippen LogP contribution in [0.15, 0.2) is 52.1 Å². The largest absolute Gasteiger partial charge is 0.371 e. The summed E-state index contributed by atoms with van der Waals surface area (Å²) in [6.45, 7) is 3.26. The third-order valence-electron chi connectivity index (χ3n) is 4.67. The second-order valence-electron chi connectivity index (χ2n) is 6.21. The number of rotatable bonds is 3. The second kappa shape index (κ2) is 5.08. The molecule has 0 radical (unpaired) electrons. The molecule has 0 bridgehead atoms. The molecule has 116 valence electrons. The van der Waals surface area contributed by atoms with Gasteiger partial charge in [-0.15, -0.1) is 11.3 Å². The summed E-state index contributed by atoms with van der Waals surface area (Å²) in [4.78, 5) is 2.37. The Balaban J connectivity index is 1.46. The summed E-state index contributed by atoms with van der Waals surface area (Å²) in [5.41, 5.74) is 1.37. The molecule has 1 aromatic carbocycles. The fourth-order valence-corrected chi connectivity index (χ4v) is 6.27. The van der Waals surface area contributed by atoms with E-state index in [1.807, 2.05) is 11.4 Å². The molecular formula is C16H18N2O2S2. The molecule has 6 heteroatoms. The van der Waals surface area contributed by atoms with Crippen LogP contribution in [0.2, 0.25) is 0 Å². The maximum Gasteiger partial charge on any atom is 0.252 e. The first-order chi connectivity index (χ1) is 10.6. The third kappa shape index (κ3) is 2.26. The van der Waals surface area contributed by atoms with Gasteiger partial charge in [0.1, 0.15) is 4.21 Å². The lowest BCUT2D eigenvalue weighted by atomic mass is 9.81. The summed E-state index contributed by atoms with van der Waals surface area (Å²) in [6.07, 6.45) is 1.07. The average molecular weight is 334 g/mol. The van der Waals surface area contributed by atoms with Crippen LogP contribution in [0.4, 0.5) is 5.69 Å². The number of para-hydroxylation sites is 1. The molecule has 0 atom stereocenters. The van der Waals surface area contributed by atoms with Crippen molar-refractivity contribution in [3.8, 4) is 0 Å². The minimum Gasteiger partial charge on any atom is -0.371 e. The standard InChI is InChI=1S/C16H18N2O2S2/c19-22(20,15-7-4-10-21-15)18-12-16(13-18)8-9-17(11-16)14-5-2-1-3-6-14/h1-7,10H,8-9,11-13H2. The molecule has 2 aromatic rings. The highest BCUT2D eigenvalue weighted by Crippen LogP contribution is 2.43. The van der Waals surface area contributed by atoms with Crippen molar-refractivity contribution in [2.45, 2.75) is 10.6 Å². The van der Waals surface area contributed by atoms with E-state index in [2.05, 4.69) is 29.2 Å². The first-order valence-corrected chi connectivity index (χ1v) is 9.75. The van der Waals surface area contributed by atoms with E-state index in [9.17, 15) is 8.42 Å². The molecule has 0 saturated carbocycles. The molecule has 1 spiro atoms. The highest BCUT2D eigenvalue weighted by atomic mass is 32.2. The molecule has 2 saturated heterocycles. The summed E-state index contributed by atoms with van der Waals surface area (Å²) >= 11 is 1.30. The van der Waals surface area contributed by atoms with E-state index in [4.69, 9.17) is 0 Å². The molecule has 0 aliphatic carbocycles. The summed E-state index contributed by atoms with van der Waals surface area (Å²) in [5.74, 6) is 0. The monoisotopic (exact) mass is 334 g/mol. The fraction of sp³-hybridized carbons (Fsp3) is 0.375. The van der Waals surface area contributed by atoms with Crippen molar-refractivity contribution in [3.05, 3.63) is 47.8 Å². The van der Waals surface area contributed by atoms with Gasteiger partial charge >= 0.3 is 0 Å². The predicted octanol–water partition coefficient (Wildman–Crippen LogP) is 2.65. The highest BCUT2D eigenvalue weighted by Gasteiger charge is 2.51. The van der Waals surface area contributed by atoms with Crippen LogP contribution >= 0.6 is 11.3 Å². The van der Waals surface area contributed by atoms with Crippen LogP contribution in [0, 0.1) is 5.41 Å². The average Bonchev–Trinajstić information content (AvgIpc) is 3.16. The van der Waals surface area contributed by atoms with Gasteiger partial charge in [0.25, 0.3) is 10.0 Å². The van der Waals surface area contributed by atoms with E-state index in [1.165, 1.54) is 17.0 Å². The zero-order valence-corrected chi connectivity index (χ0v) is 13.8. The van der Waals surface area contributed by atoms with Gasteiger partial charge in [-0.3, -0.25) is 0 Å². The minimum absolute atomic E-state index is 0.139. The van der Waals surface area contributed by atoms with Gasteiger partial charge in [0, 0.05) is 37.3 Å². The Bertz CT molecular complexity index is 751. The summed E-state index contributed by atoms with van der Waals surface area (Å²) in [5, 5.41) is 1.81. The minimum atomic E-state index is -3.27. The molecule has 2 aliphatic heterocycles. The van der Waals surface area contributed by atoms with Crippen molar-refractivity contribution in [3.63, 3.8) is 0 Å². The van der Waals surface area contributed by atoms with Crippen LogP contribution in [0.3, 0.4) is 0 Å². The fourth-order valence-electron chi connectivity index (χ4n) is 3.46. The van der Waals surface area contributed by atoms with Gasteiger partial charge in [0.05, 0.1) is 0 Å². The quantitative estimate of drug-likeness (QED) is 0.866. The van der Waals surface area contributed by atoms with Crippen molar-refractivity contribution >= 4 is 27.0 Å². The van der Waals surface area contributed by atoms with Crippen molar-refractivity contribution < 1.29 is 8.42 Å². The molecular weight excluding hydrogens is 316 g/mol. The molecule has 4 nitrogen and oxygen atoms in total. The molecule has 4 rings (SSSR count). The van der Waals surface area contributed by atoms with Crippen LogP contribution in [0.5, 0.6) is 0 Å².